The van der Waals surface area contributed by atoms with Gasteiger partial charge in [0.15, 0.2) is 0 Å². The molecule has 144 valence electrons. The Balaban J connectivity index is 1.95. The number of benzene rings is 1. The fourth-order valence-corrected chi connectivity index (χ4v) is 6.24. The summed E-state index contributed by atoms with van der Waals surface area (Å²) in [7, 11) is -4.59. The van der Waals surface area contributed by atoms with E-state index in [-0.39, 0.29) is 23.6 Å². The number of rotatable bonds is 3. The van der Waals surface area contributed by atoms with Crippen LogP contribution in [0.5, 0.6) is 0 Å². The minimum Gasteiger partial charge on any atom is -0.341 e. The number of carbonyl (C=O) groups is 1. The normalized spacial score (nSPS) is 22.2. The van der Waals surface area contributed by atoms with Crippen LogP contribution in [0, 0.1) is 5.82 Å². The van der Waals surface area contributed by atoms with Crippen LogP contribution in [-0.2, 0) is 21.0 Å². The molecule has 0 bridgehead atoms. The van der Waals surface area contributed by atoms with Gasteiger partial charge in [0.05, 0.1) is 11.4 Å². The van der Waals surface area contributed by atoms with Gasteiger partial charge in [-0.25, -0.2) is 12.8 Å². The lowest BCUT2D eigenvalue weighted by atomic mass is 10.2. The summed E-state index contributed by atoms with van der Waals surface area (Å²) in [6, 6.07) is 0.221. The molecule has 0 N–H and O–H groups in total. The molecule has 1 atom stereocenters. The highest BCUT2D eigenvalue weighted by Gasteiger charge is 2.43. The Morgan fingerprint density at radius 3 is 2.46 bits per heavy atom. The number of amides is 1. The Morgan fingerprint density at radius 1 is 1.19 bits per heavy atom. The summed E-state index contributed by atoms with van der Waals surface area (Å²) in [5.41, 5.74) is -1.26. The fraction of sp³-hybridized carbons (Fsp3) is 0.533. The molecule has 0 aromatic heterocycles. The maximum Gasteiger partial charge on any atom is 0.416 e. The van der Waals surface area contributed by atoms with Gasteiger partial charge in [0, 0.05) is 18.8 Å². The predicted molar refractivity (Wildman–Crippen MR) is 87.4 cm³/mol. The zero-order valence-corrected chi connectivity index (χ0v) is 15.1. The Bertz CT molecular complexity index is 808. The van der Waals surface area contributed by atoms with Gasteiger partial charge >= 0.3 is 6.18 Å². The van der Waals surface area contributed by atoms with Crippen molar-refractivity contribution < 1.29 is 30.8 Å². The summed E-state index contributed by atoms with van der Waals surface area (Å²) in [6.07, 6.45) is -3.16. The maximum atomic E-state index is 14.1. The van der Waals surface area contributed by atoms with E-state index in [4.69, 9.17) is 0 Å². The van der Waals surface area contributed by atoms with Crippen LogP contribution in [0.2, 0.25) is 0 Å². The van der Waals surface area contributed by atoms with Gasteiger partial charge in [-0.1, -0.05) is 0 Å². The molecule has 2 fully saturated rings. The van der Waals surface area contributed by atoms with Gasteiger partial charge < -0.3 is 4.90 Å². The van der Waals surface area contributed by atoms with E-state index in [1.807, 2.05) is 0 Å². The van der Waals surface area contributed by atoms with Crippen molar-refractivity contribution in [2.24, 2.45) is 0 Å². The van der Waals surface area contributed by atoms with Crippen molar-refractivity contribution >= 4 is 27.7 Å². The van der Waals surface area contributed by atoms with Crippen LogP contribution in [0.4, 0.5) is 17.6 Å². The van der Waals surface area contributed by atoms with E-state index in [2.05, 4.69) is 0 Å². The summed E-state index contributed by atoms with van der Waals surface area (Å²) in [4.78, 5) is 13.1. The van der Waals surface area contributed by atoms with Gasteiger partial charge in [-0.3, -0.25) is 4.79 Å². The standard InChI is InChI=1S/C15H16F4N2O3S2/c16-11-4-3-10(15(17,18)19)7-13(11)26(23,24)21-9-25-8-12(21)14(22)20-5-1-2-6-20/h3-4,7,12H,1-2,5-6,8-9H2. The number of thioether (sulfide) groups is 1. The number of alkyl halides is 3. The van der Waals surface area contributed by atoms with E-state index in [1.165, 1.54) is 11.8 Å². The Kier molecular flexibility index (Phi) is 5.24. The molecule has 2 aliphatic rings. The van der Waals surface area contributed by atoms with Crippen molar-refractivity contribution in [2.45, 2.75) is 30.0 Å². The first-order valence-electron chi connectivity index (χ1n) is 7.87. The van der Waals surface area contributed by atoms with Gasteiger partial charge in [0.25, 0.3) is 0 Å². The van der Waals surface area contributed by atoms with E-state index in [0.717, 1.165) is 17.1 Å². The third-order valence-corrected chi connectivity index (χ3v) is 7.44. The van der Waals surface area contributed by atoms with E-state index >= 15 is 0 Å². The van der Waals surface area contributed by atoms with Gasteiger partial charge in [-0.15, -0.1) is 11.8 Å². The van der Waals surface area contributed by atoms with Crippen molar-refractivity contribution in [1.82, 2.24) is 9.21 Å². The summed E-state index contributed by atoms with van der Waals surface area (Å²) in [6.45, 7) is 1.04. The summed E-state index contributed by atoms with van der Waals surface area (Å²) >= 11 is 1.17. The predicted octanol–water partition coefficient (Wildman–Crippen LogP) is 2.53. The monoisotopic (exact) mass is 412 g/mol. The maximum absolute atomic E-state index is 14.1. The SMILES string of the molecule is O=C(C1CSCN1S(=O)(=O)c1cc(C(F)(F)F)ccc1F)N1CCCC1. The third-order valence-electron chi connectivity index (χ3n) is 4.39. The second-order valence-corrected chi connectivity index (χ2v) is 8.94. The topological polar surface area (TPSA) is 57.7 Å². The highest BCUT2D eigenvalue weighted by atomic mass is 32.2. The van der Waals surface area contributed by atoms with E-state index in [1.54, 1.807) is 4.90 Å². The van der Waals surface area contributed by atoms with Gasteiger partial charge in [0.1, 0.15) is 16.8 Å². The van der Waals surface area contributed by atoms with Crippen LogP contribution < -0.4 is 0 Å². The largest absolute Gasteiger partial charge is 0.416 e. The van der Waals surface area contributed by atoms with Crippen molar-refractivity contribution in [1.29, 1.82) is 0 Å². The van der Waals surface area contributed by atoms with Crippen molar-refractivity contribution in [3.63, 3.8) is 0 Å². The second kappa shape index (κ2) is 7.01. The number of carbonyl (C=O) groups excluding carboxylic acids is 1. The van der Waals surface area contributed by atoms with Crippen LogP contribution in [0.1, 0.15) is 18.4 Å². The third kappa shape index (κ3) is 3.56. The highest BCUT2D eigenvalue weighted by Crippen LogP contribution is 2.35. The van der Waals surface area contributed by atoms with Gasteiger partial charge in [0.2, 0.25) is 15.9 Å². The average molecular weight is 412 g/mol. The van der Waals surface area contributed by atoms with Crippen LogP contribution in [0.25, 0.3) is 0 Å². The molecule has 0 aliphatic carbocycles. The van der Waals surface area contributed by atoms with Crippen LogP contribution in [0.15, 0.2) is 23.1 Å². The molecule has 11 heteroatoms. The fourth-order valence-electron chi connectivity index (χ4n) is 3.01. The number of sulfonamides is 1. The van der Waals surface area contributed by atoms with Crippen molar-refractivity contribution in [3.05, 3.63) is 29.6 Å². The lowest BCUT2D eigenvalue weighted by molar-refractivity contribution is -0.138. The molecule has 0 radical (unpaired) electrons. The van der Waals surface area contributed by atoms with E-state index in [9.17, 15) is 30.8 Å². The molecule has 2 aliphatic heterocycles. The number of nitrogens with zero attached hydrogens (tertiary/aromatic N) is 2. The quantitative estimate of drug-likeness (QED) is 0.716. The molecule has 2 heterocycles. The highest BCUT2D eigenvalue weighted by molar-refractivity contribution is 8.00. The first-order valence-corrected chi connectivity index (χ1v) is 10.5. The molecule has 1 aromatic rings. The molecule has 1 amide bonds. The molecule has 1 aromatic carbocycles. The summed E-state index contributed by atoms with van der Waals surface area (Å²) in [5, 5.41) is 0. The number of hydrogen-bond acceptors (Lipinski definition) is 4. The van der Waals surface area contributed by atoms with Gasteiger partial charge in [-0.05, 0) is 31.0 Å². The molecule has 3 rings (SSSR count). The number of halogens is 4. The van der Waals surface area contributed by atoms with E-state index < -0.39 is 38.5 Å². The molecule has 5 nitrogen and oxygen atoms in total. The van der Waals surface area contributed by atoms with Crippen LogP contribution in [-0.4, -0.2) is 54.3 Å². The summed E-state index contributed by atoms with van der Waals surface area (Å²) < 4.78 is 79.1. The minimum absolute atomic E-state index is 0.109. The first kappa shape index (κ1) is 19.4. The molecular weight excluding hydrogens is 396 g/mol. The molecular formula is C15H16F4N2O3S2. The van der Waals surface area contributed by atoms with E-state index in [0.29, 0.717) is 25.2 Å². The smallest absolute Gasteiger partial charge is 0.341 e. The lowest BCUT2D eigenvalue weighted by Crippen LogP contribution is -2.48. The number of hydrogen-bond donors (Lipinski definition) is 0. The average Bonchev–Trinajstić information content (AvgIpc) is 3.25. The van der Waals surface area contributed by atoms with Crippen molar-refractivity contribution in [3.8, 4) is 0 Å². The zero-order valence-electron chi connectivity index (χ0n) is 13.5. The van der Waals surface area contributed by atoms with Crippen molar-refractivity contribution in [2.75, 3.05) is 24.7 Å². The molecule has 1 unspecified atom stereocenters. The molecule has 0 saturated carbocycles. The van der Waals surface area contributed by atoms with Crippen LogP contribution in [0.3, 0.4) is 0 Å². The first-order chi connectivity index (χ1) is 12.1. The zero-order chi connectivity index (χ0) is 19.1. The molecule has 0 spiro atoms. The minimum atomic E-state index is -4.80. The lowest BCUT2D eigenvalue weighted by Gasteiger charge is -2.26. The Labute approximate surface area is 152 Å². The molecule has 2 saturated heterocycles. The molecule has 26 heavy (non-hydrogen) atoms. The van der Waals surface area contributed by atoms with Gasteiger partial charge in [-0.2, -0.15) is 17.5 Å². The van der Waals surface area contributed by atoms with Crippen LogP contribution >= 0.6 is 11.8 Å². The Hall–Kier alpha value is -1.33. The number of likely N-dealkylation sites (tertiary alicyclic amines) is 1. The Morgan fingerprint density at radius 2 is 1.85 bits per heavy atom. The second-order valence-electron chi connectivity index (χ2n) is 6.08. The summed E-state index contributed by atoms with van der Waals surface area (Å²) in [5.74, 6) is -1.58.